The smallest absolute Gasteiger partial charge is 0.136 e. The largest absolute Gasteiger partial charge is 0.497 e. The van der Waals surface area contributed by atoms with Gasteiger partial charge in [-0.05, 0) is 54.8 Å². The van der Waals surface area contributed by atoms with E-state index in [1.165, 1.54) is 11.1 Å². The Bertz CT molecular complexity index is 564. The molecule has 0 radical (unpaired) electrons. The number of aryl methyl sites for hydroxylation is 2. The predicted octanol–water partition coefficient (Wildman–Crippen LogP) is 3.39. The second kappa shape index (κ2) is 6.44. The first kappa shape index (κ1) is 14.4. The van der Waals surface area contributed by atoms with E-state index >= 15 is 0 Å². The molecule has 0 spiro atoms. The van der Waals surface area contributed by atoms with Gasteiger partial charge in [-0.2, -0.15) is 0 Å². The Labute approximate surface area is 120 Å². The summed E-state index contributed by atoms with van der Waals surface area (Å²) in [5, 5.41) is 0. The van der Waals surface area contributed by atoms with E-state index in [0.717, 1.165) is 17.1 Å². The summed E-state index contributed by atoms with van der Waals surface area (Å²) >= 11 is 0. The molecule has 1 atom stereocenters. The van der Waals surface area contributed by atoms with Crippen molar-refractivity contribution in [1.82, 2.24) is 0 Å². The number of hydrogen-bond acceptors (Lipinski definition) is 3. The molecule has 20 heavy (non-hydrogen) atoms. The van der Waals surface area contributed by atoms with Crippen LogP contribution in [-0.4, -0.2) is 13.7 Å². The summed E-state index contributed by atoms with van der Waals surface area (Å²) in [4.78, 5) is 0. The van der Waals surface area contributed by atoms with Gasteiger partial charge in [-0.1, -0.05) is 18.2 Å². The average Bonchev–Trinajstić information content (AvgIpc) is 2.48. The summed E-state index contributed by atoms with van der Waals surface area (Å²) in [7, 11) is 1.65. The molecule has 2 aromatic carbocycles. The Kier molecular flexibility index (Phi) is 4.64. The fourth-order valence-corrected chi connectivity index (χ4v) is 2.02. The van der Waals surface area contributed by atoms with Gasteiger partial charge in [0.05, 0.1) is 7.11 Å². The number of ether oxygens (including phenoxy) is 2. The minimum atomic E-state index is -0.150. The zero-order chi connectivity index (χ0) is 14.5. The van der Waals surface area contributed by atoms with Crippen LogP contribution >= 0.6 is 0 Å². The van der Waals surface area contributed by atoms with E-state index in [2.05, 4.69) is 19.9 Å². The maximum atomic E-state index is 5.99. The van der Waals surface area contributed by atoms with Crippen LogP contribution in [0.2, 0.25) is 0 Å². The third-order valence-corrected chi connectivity index (χ3v) is 3.46. The Morgan fingerprint density at radius 2 is 1.60 bits per heavy atom. The molecule has 0 aliphatic heterocycles. The highest BCUT2D eigenvalue weighted by Gasteiger charge is 2.12. The quantitative estimate of drug-likeness (QED) is 0.906. The fourth-order valence-electron chi connectivity index (χ4n) is 2.02. The molecule has 2 rings (SSSR count). The van der Waals surface area contributed by atoms with Gasteiger partial charge in [-0.15, -0.1) is 0 Å². The van der Waals surface area contributed by atoms with Crippen LogP contribution in [0, 0.1) is 13.8 Å². The highest BCUT2D eigenvalue weighted by molar-refractivity contribution is 5.35. The molecule has 0 amide bonds. The second-order valence-corrected chi connectivity index (χ2v) is 4.86. The van der Waals surface area contributed by atoms with E-state index in [9.17, 15) is 0 Å². The standard InChI is InChI=1S/C17H21NO2/c1-12-4-7-16(10-13(12)2)20-17(11-18)14-5-8-15(19-3)9-6-14/h4-10,17H,11,18H2,1-3H3. The zero-order valence-corrected chi connectivity index (χ0v) is 12.2. The minimum absolute atomic E-state index is 0.150. The number of benzene rings is 2. The van der Waals surface area contributed by atoms with Crippen LogP contribution in [0.25, 0.3) is 0 Å². The van der Waals surface area contributed by atoms with Crippen molar-refractivity contribution in [2.24, 2.45) is 5.73 Å². The molecule has 0 aliphatic carbocycles. The lowest BCUT2D eigenvalue weighted by atomic mass is 10.1. The Morgan fingerprint density at radius 1 is 0.950 bits per heavy atom. The van der Waals surface area contributed by atoms with Crippen LogP contribution in [0.5, 0.6) is 11.5 Å². The van der Waals surface area contributed by atoms with Crippen LogP contribution in [0.15, 0.2) is 42.5 Å². The van der Waals surface area contributed by atoms with Crippen LogP contribution in [0.1, 0.15) is 22.8 Å². The Morgan fingerprint density at radius 3 is 2.15 bits per heavy atom. The lowest BCUT2D eigenvalue weighted by molar-refractivity contribution is 0.214. The topological polar surface area (TPSA) is 44.5 Å². The first-order valence-corrected chi connectivity index (χ1v) is 6.72. The van der Waals surface area contributed by atoms with Crippen molar-refractivity contribution in [2.75, 3.05) is 13.7 Å². The number of hydrogen-bond donors (Lipinski definition) is 1. The number of rotatable bonds is 5. The molecule has 3 heteroatoms. The van der Waals surface area contributed by atoms with Gasteiger partial charge in [0, 0.05) is 6.54 Å². The Balaban J connectivity index is 2.16. The van der Waals surface area contributed by atoms with Crippen molar-refractivity contribution >= 4 is 0 Å². The summed E-state index contributed by atoms with van der Waals surface area (Å²) in [6.07, 6.45) is -0.150. The average molecular weight is 271 g/mol. The lowest BCUT2D eigenvalue weighted by Crippen LogP contribution is -2.18. The van der Waals surface area contributed by atoms with E-state index < -0.39 is 0 Å². The van der Waals surface area contributed by atoms with Gasteiger partial charge < -0.3 is 15.2 Å². The van der Waals surface area contributed by atoms with E-state index in [1.807, 2.05) is 36.4 Å². The van der Waals surface area contributed by atoms with Gasteiger partial charge >= 0.3 is 0 Å². The van der Waals surface area contributed by atoms with E-state index in [0.29, 0.717) is 6.54 Å². The fraction of sp³-hybridized carbons (Fsp3) is 0.294. The third-order valence-electron chi connectivity index (χ3n) is 3.46. The normalized spacial score (nSPS) is 12.0. The van der Waals surface area contributed by atoms with Gasteiger partial charge in [-0.25, -0.2) is 0 Å². The maximum absolute atomic E-state index is 5.99. The van der Waals surface area contributed by atoms with Crippen molar-refractivity contribution in [1.29, 1.82) is 0 Å². The summed E-state index contributed by atoms with van der Waals surface area (Å²) < 4.78 is 11.2. The second-order valence-electron chi connectivity index (χ2n) is 4.86. The number of methoxy groups -OCH3 is 1. The molecule has 1 unspecified atom stereocenters. The van der Waals surface area contributed by atoms with Crippen molar-refractivity contribution in [2.45, 2.75) is 20.0 Å². The van der Waals surface area contributed by atoms with Crippen LogP contribution in [0.4, 0.5) is 0 Å². The molecule has 0 aromatic heterocycles. The first-order valence-electron chi connectivity index (χ1n) is 6.72. The lowest BCUT2D eigenvalue weighted by Gasteiger charge is -2.19. The highest BCUT2D eigenvalue weighted by Crippen LogP contribution is 2.24. The van der Waals surface area contributed by atoms with Crippen molar-refractivity contribution in [3.63, 3.8) is 0 Å². The summed E-state index contributed by atoms with van der Waals surface area (Å²) in [6.45, 7) is 4.59. The SMILES string of the molecule is COc1ccc(C(CN)Oc2ccc(C)c(C)c2)cc1. The van der Waals surface area contributed by atoms with Gasteiger partial charge in [-0.3, -0.25) is 0 Å². The molecular formula is C17H21NO2. The molecule has 0 saturated carbocycles. The molecule has 106 valence electrons. The van der Waals surface area contributed by atoms with Crippen molar-refractivity contribution < 1.29 is 9.47 Å². The predicted molar refractivity (Wildman–Crippen MR) is 81.3 cm³/mol. The summed E-state index contributed by atoms with van der Waals surface area (Å²) in [5.41, 5.74) is 9.35. The van der Waals surface area contributed by atoms with Crippen molar-refractivity contribution in [3.05, 3.63) is 59.2 Å². The third kappa shape index (κ3) is 3.31. The van der Waals surface area contributed by atoms with Gasteiger partial charge in [0.1, 0.15) is 17.6 Å². The summed E-state index contributed by atoms with van der Waals surface area (Å²) in [6, 6.07) is 13.9. The zero-order valence-electron chi connectivity index (χ0n) is 12.2. The van der Waals surface area contributed by atoms with Gasteiger partial charge in [0.2, 0.25) is 0 Å². The molecule has 2 aromatic rings. The van der Waals surface area contributed by atoms with Gasteiger partial charge in [0.15, 0.2) is 0 Å². The maximum Gasteiger partial charge on any atom is 0.136 e. The highest BCUT2D eigenvalue weighted by atomic mass is 16.5. The van der Waals surface area contributed by atoms with E-state index in [1.54, 1.807) is 7.11 Å². The Hall–Kier alpha value is -2.00. The minimum Gasteiger partial charge on any atom is -0.497 e. The monoisotopic (exact) mass is 271 g/mol. The molecule has 0 fully saturated rings. The molecular weight excluding hydrogens is 250 g/mol. The number of nitrogens with two attached hydrogens (primary N) is 1. The van der Waals surface area contributed by atoms with E-state index in [4.69, 9.17) is 15.2 Å². The van der Waals surface area contributed by atoms with Crippen molar-refractivity contribution in [3.8, 4) is 11.5 Å². The molecule has 0 bridgehead atoms. The van der Waals surface area contributed by atoms with Crippen LogP contribution in [-0.2, 0) is 0 Å². The van der Waals surface area contributed by atoms with Gasteiger partial charge in [0.25, 0.3) is 0 Å². The first-order chi connectivity index (χ1) is 9.63. The molecule has 0 saturated heterocycles. The van der Waals surface area contributed by atoms with E-state index in [-0.39, 0.29) is 6.10 Å². The van der Waals surface area contributed by atoms with Crippen LogP contribution < -0.4 is 15.2 Å². The molecule has 0 heterocycles. The van der Waals surface area contributed by atoms with Crippen LogP contribution in [0.3, 0.4) is 0 Å². The summed E-state index contributed by atoms with van der Waals surface area (Å²) in [5.74, 6) is 1.68. The molecule has 2 N–H and O–H groups in total. The molecule has 3 nitrogen and oxygen atoms in total. The molecule has 0 aliphatic rings.